The highest BCUT2D eigenvalue weighted by Gasteiger charge is 2.58. The molecule has 19 heteroatoms. The topological polar surface area (TPSA) is 239 Å². The van der Waals surface area contributed by atoms with Gasteiger partial charge in [0.2, 0.25) is 19.2 Å². The number of aliphatic hydroxyl groups is 2. The number of phosphoric acid groups is 1. The van der Waals surface area contributed by atoms with Gasteiger partial charge in [0.15, 0.2) is 12.5 Å². The summed E-state index contributed by atoms with van der Waals surface area (Å²) in [7, 11) is -4.72. The van der Waals surface area contributed by atoms with Gasteiger partial charge in [0, 0.05) is 0 Å². The molecule has 3 rings (SSSR count). The van der Waals surface area contributed by atoms with Crippen LogP contribution in [0.2, 0.25) is 0 Å². The van der Waals surface area contributed by atoms with Crippen molar-refractivity contribution in [2.24, 2.45) is 17.8 Å². The second kappa shape index (κ2) is 24.4. The summed E-state index contributed by atoms with van der Waals surface area (Å²) in [5.41, 5.74) is -1.87. The fraction of sp³-hybridized carbons (Fsp3) is 0.744. The maximum atomic E-state index is 13.9. The Bertz CT molecular complexity index is 1630. The molecule has 3 heterocycles. The Hall–Kier alpha value is -3.69. The highest BCUT2D eigenvalue weighted by atomic mass is 31.2. The lowest BCUT2D eigenvalue weighted by Crippen LogP contribution is -2.41. The molecular weight excluding hydrogens is 777 g/mol. The molecule has 0 aromatic carbocycles. The number of carbonyl (C=O) groups excluding carboxylic acids is 3. The third-order valence-corrected chi connectivity index (χ3v) is 11.3. The van der Waals surface area contributed by atoms with Gasteiger partial charge in [0.25, 0.3) is 0 Å². The van der Waals surface area contributed by atoms with Crippen LogP contribution in [0.3, 0.4) is 0 Å². The average Bonchev–Trinajstić information content (AvgIpc) is 3.75. The smallest absolute Gasteiger partial charge is 0.444 e. The molecule has 2 aromatic rings. The van der Waals surface area contributed by atoms with E-state index in [1.54, 1.807) is 6.07 Å². The molecule has 0 bridgehead atoms. The summed E-state index contributed by atoms with van der Waals surface area (Å²) in [6, 6.07) is 4.95. The lowest BCUT2D eigenvalue weighted by Gasteiger charge is -2.24. The van der Waals surface area contributed by atoms with Crippen molar-refractivity contribution in [3.8, 4) is 6.07 Å². The van der Waals surface area contributed by atoms with Crippen LogP contribution in [-0.4, -0.2) is 88.0 Å². The Morgan fingerprint density at radius 3 is 1.78 bits per heavy atom. The first kappa shape index (κ1) is 48.7. The van der Waals surface area contributed by atoms with Crippen LogP contribution in [0.15, 0.2) is 18.5 Å². The normalized spacial score (nSPS) is 19.5. The van der Waals surface area contributed by atoms with Gasteiger partial charge in [0.05, 0.1) is 30.1 Å². The number of carbonyl (C=O) groups is 3. The van der Waals surface area contributed by atoms with E-state index in [0.717, 1.165) is 38.5 Å². The number of phosphoric ester groups is 1. The minimum Gasteiger partial charge on any atom is -0.444 e. The van der Waals surface area contributed by atoms with E-state index >= 15 is 0 Å². The van der Waals surface area contributed by atoms with E-state index in [9.17, 15) is 34.4 Å². The Balaban J connectivity index is 1.78. The number of hydrogen-bond donors (Lipinski definition) is 3. The molecule has 0 saturated carbocycles. The van der Waals surface area contributed by atoms with Crippen molar-refractivity contribution < 1.29 is 61.7 Å². The Labute approximate surface area is 340 Å². The summed E-state index contributed by atoms with van der Waals surface area (Å²) in [4.78, 5) is 42.4. The predicted octanol–water partition coefficient (Wildman–Crippen LogP) is 6.29. The molecule has 1 aliphatic rings. The quantitative estimate of drug-likeness (QED) is 0.0369. The van der Waals surface area contributed by atoms with E-state index < -0.39 is 75.7 Å². The highest BCUT2D eigenvalue weighted by molar-refractivity contribution is 7.48. The zero-order chi connectivity index (χ0) is 42.7. The van der Waals surface area contributed by atoms with Crippen LogP contribution in [0, 0.1) is 29.1 Å². The van der Waals surface area contributed by atoms with Crippen LogP contribution in [-0.2, 0) is 57.1 Å². The van der Waals surface area contributed by atoms with Crippen molar-refractivity contribution in [3.63, 3.8) is 0 Å². The van der Waals surface area contributed by atoms with Gasteiger partial charge in [-0.05, 0) is 50.7 Å². The van der Waals surface area contributed by atoms with E-state index in [0.29, 0.717) is 44.0 Å². The average molecular weight is 840 g/mol. The van der Waals surface area contributed by atoms with Crippen LogP contribution >= 0.6 is 7.82 Å². The minimum absolute atomic E-state index is 0.0179. The second-order valence-corrected chi connectivity index (χ2v) is 16.0. The molecule has 4 atom stereocenters. The molecule has 58 heavy (non-hydrogen) atoms. The van der Waals surface area contributed by atoms with Crippen molar-refractivity contribution in [1.82, 2.24) is 14.6 Å². The van der Waals surface area contributed by atoms with Crippen molar-refractivity contribution in [2.45, 2.75) is 143 Å². The van der Waals surface area contributed by atoms with Crippen LogP contribution in [0.4, 0.5) is 5.82 Å². The number of rotatable bonds is 28. The molecular formula is C39H62N5O13P. The zero-order valence-corrected chi connectivity index (χ0v) is 35.5. The summed E-state index contributed by atoms with van der Waals surface area (Å²) >= 11 is 0. The molecule has 1 saturated heterocycles. The fourth-order valence-corrected chi connectivity index (χ4v) is 7.92. The van der Waals surface area contributed by atoms with E-state index in [-0.39, 0.29) is 30.1 Å². The number of aromatic nitrogens is 3. The van der Waals surface area contributed by atoms with E-state index in [2.05, 4.69) is 15.4 Å². The SMILES string of the molecule is CCCC(CCC)C(=O)OCNc1ncnn2c([C@]3(C#N)O[C@H](COP(=O)(OCOC(=O)C(CCC)CCC)OCOC(=O)C(CCC)CCC)[C@@H](O)[C@H]3O)ccc12. The molecule has 0 radical (unpaired) electrons. The molecule has 0 amide bonds. The number of nitrogens with zero attached hydrogens (tertiary/aromatic N) is 4. The first-order valence-corrected chi connectivity index (χ1v) is 21.9. The molecule has 3 N–H and O–H groups in total. The molecule has 326 valence electrons. The summed E-state index contributed by atoms with van der Waals surface area (Å²) < 4.78 is 53.3. The van der Waals surface area contributed by atoms with E-state index in [4.69, 9.17) is 32.5 Å². The number of hydrogen-bond acceptors (Lipinski definition) is 17. The van der Waals surface area contributed by atoms with E-state index in [1.165, 1.54) is 16.9 Å². The number of nitrogens with one attached hydrogen (secondary N) is 1. The van der Waals surface area contributed by atoms with Gasteiger partial charge in [-0.25, -0.2) is 23.1 Å². The number of aliphatic hydroxyl groups excluding tert-OH is 2. The largest absolute Gasteiger partial charge is 0.480 e. The number of anilines is 1. The van der Waals surface area contributed by atoms with Gasteiger partial charge >= 0.3 is 25.7 Å². The molecule has 1 aliphatic heterocycles. The molecule has 1 fully saturated rings. The van der Waals surface area contributed by atoms with Crippen LogP contribution in [0.5, 0.6) is 0 Å². The van der Waals surface area contributed by atoms with Gasteiger partial charge in [-0.15, -0.1) is 0 Å². The zero-order valence-electron chi connectivity index (χ0n) is 34.6. The van der Waals surface area contributed by atoms with Crippen LogP contribution in [0.1, 0.15) is 124 Å². The van der Waals surface area contributed by atoms with Gasteiger partial charge < -0.3 is 34.5 Å². The van der Waals surface area contributed by atoms with Crippen LogP contribution in [0.25, 0.3) is 5.52 Å². The van der Waals surface area contributed by atoms with E-state index in [1.807, 2.05) is 47.6 Å². The predicted molar refractivity (Wildman–Crippen MR) is 209 cm³/mol. The fourth-order valence-electron chi connectivity index (χ4n) is 7.00. The molecule has 0 aliphatic carbocycles. The second-order valence-electron chi connectivity index (χ2n) is 14.3. The van der Waals surface area contributed by atoms with Crippen molar-refractivity contribution in [2.75, 3.05) is 32.2 Å². The standard InChI is InChI=1S/C39H62N5O13P/c1-7-13-27(14-8-2)36(47)51-24-42-35-30-19-20-32(44(30)43-23-41-35)39(22-40)34(46)33(45)31(57-39)21-54-58(50,55-25-52-37(48)28(15-9-3)16-10-4)56-26-53-38(49)29(17-11-5)18-12-6/h19-20,23,27-29,31,33-34,45-46H,7-18,21,24-26H2,1-6H3,(H,41,42,43)/t31-,33-,34-,39+/m1/s1. The van der Waals surface area contributed by atoms with Crippen molar-refractivity contribution in [3.05, 3.63) is 24.2 Å². The lowest BCUT2D eigenvalue weighted by atomic mass is 9.92. The summed E-state index contributed by atoms with van der Waals surface area (Å²) in [5.74, 6) is -2.21. The molecule has 2 aromatic heterocycles. The van der Waals surface area contributed by atoms with Crippen molar-refractivity contribution in [1.29, 1.82) is 5.26 Å². The Morgan fingerprint density at radius 1 is 0.828 bits per heavy atom. The molecule has 0 unspecified atom stereocenters. The number of fused-ring (bicyclic) bond motifs is 1. The van der Waals surface area contributed by atoms with Gasteiger partial charge in [-0.2, -0.15) is 10.4 Å². The number of ether oxygens (including phenoxy) is 4. The minimum atomic E-state index is -4.72. The maximum absolute atomic E-state index is 13.9. The number of nitriles is 1. The third kappa shape index (κ3) is 12.9. The lowest BCUT2D eigenvalue weighted by molar-refractivity contribution is -0.160. The third-order valence-electron chi connectivity index (χ3n) is 9.95. The van der Waals surface area contributed by atoms with Gasteiger partial charge in [0.1, 0.15) is 36.2 Å². The monoisotopic (exact) mass is 839 g/mol. The van der Waals surface area contributed by atoms with Gasteiger partial charge in [-0.3, -0.25) is 18.9 Å². The molecule has 18 nitrogen and oxygen atoms in total. The first-order valence-electron chi connectivity index (χ1n) is 20.4. The maximum Gasteiger partial charge on any atom is 0.480 e. The Kier molecular flexibility index (Phi) is 20.5. The molecule has 0 spiro atoms. The summed E-state index contributed by atoms with van der Waals surface area (Å²) in [6.45, 7) is 9.16. The summed E-state index contributed by atoms with van der Waals surface area (Å²) in [6.07, 6.45) is 4.48. The summed E-state index contributed by atoms with van der Waals surface area (Å²) in [5, 5.41) is 40.1. The van der Waals surface area contributed by atoms with Gasteiger partial charge in [-0.1, -0.05) is 80.1 Å². The first-order chi connectivity index (χ1) is 27.9. The van der Waals surface area contributed by atoms with Crippen molar-refractivity contribution >= 4 is 37.1 Å². The highest BCUT2D eigenvalue weighted by Crippen LogP contribution is 2.51. The van der Waals surface area contributed by atoms with Crippen LogP contribution < -0.4 is 5.32 Å². The Morgan fingerprint density at radius 2 is 1.31 bits per heavy atom. The number of esters is 3.